The number of thiazole rings is 1. The van der Waals surface area contributed by atoms with Crippen LogP contribution < -0.4 is 15.4 Å². The lowest BCUT2D eigenvalue weighted by Crippen LogP contribution is -2.64. The van der Waals surface area contributed by atoms with Gasteiger partial charge in [-0.1, -0.05) is 11.3 Å². The molecule has 1 aliphatic rings. The summed E-state index contributed by atoms with van der Waals surface area (Å²) in [7, 11) is 1.71. The number of nitrogens with one attached hydrogen (secondary N) is 2. The fourth-order valence-corrected chi connectivity index (χ4v) is 5.08. The molecule has 1 saturated heterocycles. The molecular weight excluding hydrogens is 547 g/mol. The number of carbonyl (C=O) groups is 1. The summed E-state index contributed by atoms with van der Waals surface area (Å²) in [5.74, 6) is -0.694. The number of halogens is 3. The number of fused-ring (bicyclic) bond motifs is 2. The monoisotopic (exact) mass is 569 g/mol. The highest BCUT2D eigenvalue weighted by Gasteiger charge is 2.44. The van der Waals surface area contributed by atoms with E-state index >= 15 is 0 Å². The van der Waals surface area contributed by atoms with Crippen LogP contribution in [0.15, 0.2) is 36.4 Å². The highest BCUT2D eigenvalue weighted by Crippen LogP contribution is 2.33. The van der Waals surface area contributed by atoms with Crippen molar-refractivity contribution in [1.82, 2.24) is 19.9 Å². The Balaban J connectivity index is 1.34. The summed E-state index contributed by atoms with van der Waals surface area (Å²) in [6.07, 6.45) is -10.8. The van der Waals surface area contributed by atoms with Gasteiger partial charge in [0.15, 0.2) is 11.4 Å². The average molecular weight is 570 g/mol. The quantitative estimate of drug-likeness (QED) is 0.199. The first kappa shape index (κ1) is 27.0. The number of anilines is 2. The topological polar surface area (TPSA) is 171 Å². The van der Waals surface area contributed by atoms with Crippen molar-refractivity contribution in [3.8, 4) is 5.75 Å². The number of ether oxygens (including phenoxy) is 2. The lowest BCUT2D eigenvalue weighted by molar-refractivity contribution is -0.274. The molecule has 39 heavy (non-hydrogen) atoms. The molecule has 1 aliphatic heterocycles. The van der Waals surface area contributed by atoms with Crippen LogP contribution in [-0.4, -0.2) is 84.5 Å². The van der Waals surface area contributed by atoms with Gasteiger partial charge in [0.2, 0.25) is 5.95 Å². The SMILES string of the molecule is Cn1c(Nc2nc3ccc(OC(F)(F)F)cc3s2)nc2cc(C(=O)N[C@@H]3[C@@H](O)[C@H](O)[C@@H](CO)O[C@@H]3O)ccc21. The zero-order valence-electron chi connectivity index (χ0n) is 20.0. The fraction of sp³-hybridized carbons (Fsp3) is 0.348. The maximum Gasteiger partial charge on any atom is 0.573 e. The van der Waals surface area contributed by atoms with E-state index in [2.05, 4.69) is 25.3 Å². The molecule has 4 aromatic rings. The number of aromatic nitrogens is 3. The van der Waals surface area contributed by atoms with Gasteiger partial charge >= 0.3 is 6.36 Å². The van der Waals surface area contributed by atoms with Crippen LogP contribution in [0.1, 0.15) is 10.4 Å². The Hall–Kier alpha value is -3.54. The second kappa shape index (κ2) is 10.2. The summed E-state index contributed by atoms with van der Waals surface area (Å²) in [5, 5.41) is 45.4. The molecule has 5 atom stereocenters. The Kier molecular flexibility index (Phi) is 7.08. The highest BCUT2D eigenvalue weighted by molar-refractivity contribution is 7.22. The van der Waals surface area contributed by atoms with E-state index in [0.717, 1.165) is 11.3 Å². The number of carbonyl (C=O) groups excluding carboxylic acids is 1. The molecule has 2 aromatic heterocycles. The number of aliphatic hydroxyl groups is 4. The van der Waals surface area contributed by atoms with E-state index in [9.17, 15) is 38.4 Å². The van der Waals surface area contributed by atoms with Crippen LogP contribution in [0, 0.1) is 0 Å². The molecule has 0 bridgehead atoms. The number of imidazole rings is 1. The first-order valence-corrected chi connectivity index (χ1v) is 12.3. The molecule has 3 heterocycles. The van der Waals surface area contributed by atoms with Gasteiger partial charge in [-0.3, -0.25) is 4.79 Å². The Labute approximate surface area is 221 Å². The van der Waals surface area contributed by atoms with Gasteiger partial charge in [-0.25, -0.2) is 9.97 Å². The number of hydrogen-bond donors (Lipinski definition) is 6. The lowest BCUT2D eigenvalue weighted by Gasteiger charge is -2.40. The zero-order chi connectivity index (χ0) is 28.1. The molecule has 0 saturated carbocycles. The third kappa shape index (κ3) is 5.47. The van der Waals surface area contributed by atoms with Gasteiger partial charge in [-0.2, -0.15) is 0 Å². The summed E-state index contributed by atoms with van der Waals surface area (Å²) in [6, 6.07) is 7.06. The van der Waals surface area contributed by atoms with Crippen molar-refractivity contribution in [2.75, 3.05) is 11.9 Å². The molecule has 12 nitrogen and oxygen atoms in total. The van der Waals surface area contributed by atoms with Crippen LogP contribution >= 0.6 is 11.3 Å². The number of aliphatic hydroxyl groups excluding tert-OH is 4. The summed E-state index contributed by atoms with van der Waals surface area (Å²) in [6.45, 7) is -0.632. The minimum absolute atomic E-state index is 0.141. The molecule has 0 aliphatic carbocycles. The molecule has 6 N–H and O–H groups in total. The number of nitrogens with zero attached hydrogens (tertiary/aromatic N) is 3. The standard InChI is InChI=1S/C23H22F3N5O7S/c1-31-13-5-2-9(19(35)29-16-18(34)17(33)14(8-32)37-20(16)36)6-12(13)27-21(31)30-22-28-11-4-3-10(7-15(11)39-22)38-23(24,25)26/h2-7,14,16-18,20,32-34,36H,8H2,1H3,(H,29,35)(H,27,28,30)/t14-,16-,17-,18-,20+/m1/s1. The Morgan fingerprint density at radius 3 is 2.62 bits per heavy atom. The Morgan fingerprint density at radius 1 is 1.13 bits per heavy atom. The van der Waals surface area contributed by atoms with Crippen molar-refractivity contribution in [3.05, 3.63) is 42.0 Å². The second-order valence-corrected chi connectivity index (χ2v) is 9.78. The van der Waals surface area contributed by atoms with E-state index < -0.39 is 49.5 Å². The van der Waals surface area contributed by atoms with Crippen LogP contribution in [0.25, 0.3) is 21.3 Å². The van der Waals surface area contributed by atoms with E-state index in [1.807, 2.05) is 0 Å². The maximum absolute atomic E-state index is 12.8. The molecule has 0 spiro atoms. The number of aryl methyl sites for hydroxylation is 1. The molecule has 1 fully saturated rings. The van der Waals surface area contributed by atoms with Gasteiger partial charge in [0, 0.05) is 18.7 Å². The van der Waals surface area contributed by atoms with Crippen LogP contribution in [0.2, 0.25) is 0 Å². The number of alkyl halides is 3. The van der Waals surface area contributed by atoms with Crippen molar-refractivity contribution in [2.24, 2.45) is 7.05 Å². The van der Waals surface area contributed by atoms with Gasteiger partial charge < -0.3 is 45.1 Å². The second-order valence-electron chi connectivity index (χ2n) is 8.75. The molecule has 1 amide bonds. The molecule has 0 radical (unpaired) electrons. The van der Waals surface area contributed by atoms with Crippen molar-refractivity contribution in [1.29, 1.82) is 0 Å². The molecule has 2 aromatic carbocycles. The van der Waals surface area contributed by atoms with Gasteiger partial charge in [0.1, 0.15) is 30.1 Å². The minimum atomic E-state index is -4.81. The van der Waals surface area contributed by atoms with Crippen LogP contribution in [0.5, 0.6) is 5.75 Å². The van der Waals surface area contributed by atoms with E-state index in [4.69, 9.17) is 4.74 Å². The molecule has 16 heteroatoms. The Bertz CT molecular complexity index is 1530. The van der Waals surface area contributed by atoms with E-state index in [-0.39, 0.29) is 11.3 Å². The van der Waals surface area contributed by atoms with E-state index in [1.165, 1.54) is 30.3 Å². The number of hydrogen-bond acceptors (Lipinski definition) is 11. The molecular formula is C23H22F3N5O7S. The molecule has 208 valence electrons. The van der Waals surface area contributed by atoms with Crippen molar-refractivity contribution in [3.63, 3.8) is 0 Å². The summed E-state index contributed by atoms with van der Waals surface area (Å²) < 4.78 is 48.7. The smallest absolute Gasteiger partial charge is 0.406 e. The summed E-state index contributed by atoms with van der Waals surface area (Å²) >= 11 is 1.10. The first-order valence-electron chi connectivity index (χ1n) is 11.4. The fourth-order valence-electron chi connectivity index (χ4n) is 4.19. The van der Waals surface area contributed by atoms with Gasteiger partial charge in [0.05, 0.1) is 27.9 Å². The van der Waals surface area contributed by atoms with Crippen LogP contribution in [-0.2, 0) is 11.8 Å². The van der Waals surface area contributed by atoms with Crippen molar-refractivity contribution in [2.45, 2.75) is 37.0 Å². The van der Waals surface area contributed by atoms with Gasteiger partial charge in [0.25, 0.3) is 5.91 Å². The maximum atomic E-state index is 12.8. The molecule has 5 rings (SSSR count). The minimum Gasteiger partial charge on any atom is -0.406 e. The molecule has 0 unspecified atom stereocenters. The average Bonchev–Trinajstić information content (AvgIpc) is 3.42. The van der Waals surface area contributed by atoms with Crippen LogP contribution in [0.3, 0.4) is 0 Å². The number of rotatable bonds is 6. The van der Waals surface area contributed by atoms with Gasteiger partial charge in [-0.15, -0.1) is 13.2 Å². The van der Waals surface area contributed by atoms with Crippen LogP contribution in [0.4, 0.5) is 24.3 Å². The lowest BCUT2D eigenvalue weighted by atomic mass is 9.96. The summed E-state index contributed by atoms with van der Waals surface area (Å²) in [5.41, 5.74) is 1.65. The summed E-state index contributed by atoms with van der Waals surface area (Å²) in [4.78, 5) is 21.7. The van der Waals surface area contributed by atoms with E-state index in [1.54, 1.807) is 17.7 Å². The first-order chi connectivity index (χ1) is 18.4. The predicted octanol–water partition coefficient (Wildman–Crippen LogP) is 1.35. The van der Waals surface area contributed by atoms with Crippen molar-refractivity contribution < 1.29 is 47.9 Å². The van der Waals surface area contributed by atoms with Gasteiger partial charge in [-0.05, 0) is 30.3 Å². The predicted molar refractivity (Wildman–Crippen MR) is 132 cm³/mol. The third-order valence-corrected chi connectivity index (χ3v) is 7.09. The highest BCUT2D eigenvalue weighted by atomic mass is 32.1. The van der Waals surface area contributed by atoms with E-state index in [0.29, 0.717) is 32.3 Å². The van der Waals surface area contributed by atoms with Crippen molar-refractivity contribution >= 4 is 49.6 Å². The normalized spacial score (nSPS) is 23.7. The zero-order valence-corrected chi connectivity index (χ0v) is 20.8. The Morgan fingerprint density at radius 2 is 1.90 bits per heavy atom. The number of benzene rings is 2. The number of amides is 1. The third-order valence-electron chi connectivity index (χ3n) is 6.15. The largest absolute Gasteiger partial charge is 0.573 e.